The Labute approximate surface area is 175 Å². The number of nitrogens with zero attached hydrogens (tertiary/aromatic N) is 5. The van der Waals surface area contributed by atoms with Crippen molar-refractivity contribution < 1.29 is 4.79 Å². The fraction of sp³-hybridized carbons (Fsp3) is 0.273. The second-order valence-corrected chi connectivity index (χ2v) is 7.32. The summed E-state index contributed by atoms with van der Waals surface area (Å²) in [5.41, 5.74) is 2.40. The molecule has 30 heavy (non-hydrogen) atoms. The Hall–Kier alpha value is -3.70. The molecule has 0 aliphatic carbocycles. The van der Waals surface area contributed by atoms with Crippen LogP contribution in [0.2, 0.25) is 0 Å². The fourth-order valence-electron chi connectivity index (χ4n) is 2.94. The first-order valence-electron chi connectivity index (χ1n) is 9.53. The lowest BCUT2D eigenvalue weighted by Gasteiger charge is -2.19. The zero-order chi connectivity index (χ0) is 21.7. The molecule has 0 fully saturated rings. The van der Waals surface area contributed by atoms with Gasteiger partial charge in [-0.05, 0) is 37.4 Å². The van der Waals surface area contributed by atoms with Crippen molar-refractivity contribution in [1.29, 1.82) is 5.26 Å². The average Bonchev–Trinajstić information content (AvgIpc) is 3.14. The number of aromatic nitrogens is 3. The van der Waals surface area contributed by atoms with Crippen LogP contribution in [0.1, 0.15) is 15.9 Å². The maximum atomic E-state index is 12.5. The number of H-pyrrole nitrogens is 1. The number of nitrogens with one attached hydrogen (secondary N) is 1. The largest absolute Gasteiger partial charge is 0.340 e. The minimum atomic E-state index is -0.242. The van der Waals surface area contributed by atoms with E-state index in [1.165, 1.54) is 10.9 Å². The Morgan fingerprint density at radius 2 is 1.87 bits per heavy atom. The van der Waals surface area contributed by atoms with Crippen LogP contribution in [0.15, 0.2) is 53.6 Å². The number of hydrogen-bond acceptors (Lipinski definition) is 5. The van der Waals surface area contributed by atoms with Gasteiger partial charge in [0.05, 0.1) is 23.6 Å². The van der Waals surface area contributed by atoms with Crippen molar-refractivity contribution in [2.75, 3.05) is 34.2 Å². The molecule has 1 amide bonds. The van der Waals surface area contributed by atoms with Crippen molar-refractivity contribution in [1.82, 2.24) is 24.6 Å². The highest BCUT2D eigenvalue weighted by molar-refractivity contribution is 5.93. The van der Waals surface area contributed by atoms with E-state index in [4.69, 9.17) is 5.26 Å². The molecule has 0 bridgehead atoms. The molecule has 1 aromatic carbocycles. The van der Waals surface area contributed by atoms with Gasteiger partial charge in [-0.15, -0.1) is 0 Å². The van der Waals surface area contributed by atoms with E-state index in [2.05, 4.69) is 16.2 Å². The highest BCUT2D eigenvalue weighted by atomic mass is 16.2. The van der Waals surface area contributed by atoms with E-state index in [9.17, 15) is 9.59 Å². The number of hydrogen-bond donors (Lipinski definition) is 1. The first-order valence-corrected chi connectivity index (χ1v) is 9.53. The molecule has 8 heteroatoms. The van der Waals surface area contributed by atoms with Crippen LogP contribution in [-0.4, -0.2) is 64.7 Å². The van der Waals surface area contributed by atoms with Gasteiger partial charge in [-0.1, -0.05) is 24.3 Å². The van der Waals surface area contributed by atoms with Crippen LogP contribution < -0.4 is 5.56 Å². The number of pyridine rings is 1. The fourth-order valence-corrected chi connectivity index (χ4v) is 2.94. The van der Waals surface area contributed by atoms with Crippen molar-refractivity contribution >= 4 is 5.91 Å². The van der Waals surface area contributed by atoms with Crippen molar-refractivity contribution in [2.45, 2.75) is 6.42 Å². The van der Waals surface area contributed by atoms with Crippen molar-refractivity contribution in [3.05, 3.63) is 70.3 Å². The van der Waals surface area contributed by atoms with Crippen LogP contribution in [0.3, 0.4) is 0 Å². The summed E-state index contributed by atoms with van der Waals surface area (Å²) < 4.78 is 1.53. The van der Waals surface area contributed by atoms with E-state index in [1.807, 2.05) is 43.3 Å². The molecule has 3 rings (SSSR count). The molecule has 154 valence electrons. The topological polar surface area (TPSA) is 98.0 Å². The quantitative estimate of drug-likeness (QED) is 0.649. The molecule has 0 saturated carbocycles. The summed E-state index contributed by atoms with van der Waals surface area (Å²) in [6.45, 7) is 1.40. The molecule has 0 spiro atoms. The van der Waals surface area contributed by atoms with Crippen LogP contribution in [0.25, 0.3) is 16.9 Å². The summed E-state index contributed by atoms with van der Waals surface area (Å²) in [6.07, 6.45) is 3.52. The summed E-state index contributed by atoms with van der Waals surface area (Å²) in [6, 6.07) is 12.8. The maximum absolute atomic E-state index is 12.5. The molecule has 0 radical (unpaired) electrons. The number of benzene rings is 1. The molecule has 3 aromatic rings. The lowest BCUT2D eigenvalue weighted by molar-refractivity contribution is 0.0786. The number of amides is 1. The van der Waals surface area contributed by atoms with Gasteiger partial charge in [0, 0.05) is 32.5 Å². The van der Waals surface area contributed by atoms with Crippen LogP contribution >= 0.6 is 0 Å². The molecule has 8 nitrogen and oxygen atoms in total. The average molecular weight is 404 g/mol. The van der Waals surface area contributed by atoms with Gasteiger partial charge in [0.2, 0.25) is 0 Å². The van der Waals surface area contributed by atoms with Gasteiger partial charge in [0.25, 0.3) is 11.5 Å². The first kappa shape index (κ1) is 21.0. The molecule has 0 atom stereocenters. The molecular formula is C22H24N6O2. The van der Waals surface area contributed by atoms with Gasteiger partial charge in [-0.2, -0.15) is 5.26 Å². The SMILES string of the molecule is CN(C)CCN(C)C(=O)c1ccc(-n2cc(-c3ccc(CC#N)cc3)c(=O)[nH]2)nc1. The Kier molecular flexibility index (Phi) is 6.45. The van der Waals surface area contributed by atoms with Gasteiger partial charge in [0.1, 0.15) is 0 Å². The maximum Gasteiger partial charge on any atom is 0.272 e. The molecule has 0 aliphatic heterocycles. The zero-order valence-electron chi connectivity index (χ0n) is 17.3. The van der Waals surface area contributed by atoms with Crippen molar-refractivity contribution in [3.8, 4) is 23.0 Å². The first-order chi connectivity index (χ1) is 14.4. The predicted molar refractivity (Wildman–Crippen MR) is 114 cm³/mol. The summed E-state index contributed by atoms with van der Waals surface area (Å²) in [7, 11) is 5.68. The van der Waals surface area contributed by atoms with E-state index in [0.29, 0.717) is 29.9 Å². The van der Waals surface area contributed by atoms with Crippen LogP contribution in [0.5, 0.6) is 0 Å². The normalized spacial score (nSPS) is 10.8. The molecular weight excluding hydrogens is 380 g/mol. The van der Waals surface area contributed by atoms with Crippen molar-refractivity contribution in [2.24, 2.45) is 0 Å². The Balaban J connectivity index is 1.77. The van der Waals surface area contributed by atoms with Gasteiger partial charge in [-0.25, -0.2) is 9.67 Å². The number of likely N-dealkylation sites (N-methyl/N-ethyl adjacent to an activating group) is 2. The smallest absolute Gasteiger partial charge is 0.272 e. The minimum Gasteiger partial charge on any atom is -0.340 e. The summed E-state index contributed by atoms with van der Waals surface area (Å²) in [4.78, 5) is 32.9. The van der Waals surface area contributed by atoms with E-state index >= 15 is 0 Å². The van der Waals surface area contributed by atoms with Crippen molar-refractivity contribution in [3.63, 3.8) is 0 Å². The van der Waals surface area contributed by atoms with E-state index in [-0.39, 0.29) is 11.5 Å². The van der Waals surface area contributed by atoms with E-state index < -0.39 is 0 Å². The molecule has 1 N–H and O–H groups in total. The third-order valence-corrected chi connectivity index (χ3v) is 4.74. The number of aromatic amines is 1. The molecule has 0 aliphatic rings. The summed E-state index contributed by atoms with van der Waals surface area (Å²) in [5.74, 6) is 0.405. The third kappa shape index (κ3) is 4.82. The molecule has 2 heterocycles. The monoisotopic (exact) mass is 404 g/mol. The lowest BCUT2D eigenvalue weighted by Crippen LogP contribution is -2.33. The van der Waals surface area contributed by atoms with Gasteiger partial charge in [-0.3, -0.25) is 14.7 Å². The van der Waals surface area contributed by atoms with Gasteiger partial charge < -0.3 is 9.80 Å². The van der Waals surface area contributed by atoms with Crippen LogP contribution in [0, 0.1) is 11.3 Å². The lowest BCUT2D eigenvalue weighted by atomic mass is 10.1. The van der Waals surface area contributed by atoms with Crippen LogP contribution in [-0.2, 0) is 6.42 Å². The van der Waals surface area contributed by atoms with Crippen LogP contribution in [0.4, 0.5) is 0 Å². The second-order valence-electron chi connectivity index (χ2n) is 7.32. The Morgan fingerprint density at radius 3 is 2.47 bits per heavy atom. The molecule has 0 saturated heterocycles. The number of carbonyl (C=O) groups is 1. The predicted octanol–water partition coefficient (Wildman–Crippen LogP) is 1.93. The summed E-state index contributed by atoms with van der Waals surface area (Å²) >= 11 is 0. The van der Waals surface area contributed by atoms with Gasteiger partial charge in [0.15, 0.2) is 5.82 Å². The van der Waals surface area contributed by atoms with E-state index in [0.717, 1.165) is 17.7 Å². The minimum absolute atomic E-state index is 0.102. The van der Waals surface area contributed by atoms with Gasteiger partial charge >= 0.3 is 0 Å². The number of nitriles is 1. The Morgan fingerprint density at radius 1 is 1.13 bits per heavy atom. The molecule has 0 unspecified atom stereocenters. The second kappa shape index (κ2) is 9.20. The number of rotatable bonds is 7. The highest BCUT2D eigenvalue weighted by Crippen LogP contribution is 2.17. The summed E-state index contributed by atoms with van der Waals surface area (Å²) in [5, 5.41) is 11.5. The molecule has 2 aromatic heterocycles. The Bertz CT molecular complexity index is 1100. The van der Waals surface area contributed by atoms with E-state index in [1.54, 1.807) is 30.3 Å². The highest BCUT2D eigenvalue weighted by Gasteiger charge is 2.13. The number of carbonyl (C=O) groups excluding carboxylic acids is 1. The zero-order valence-corrected chi connectivity index (χ0v) is 17.3. The standard InChI is InChI=1S/C22H24N6O2/c1-26(2)12-13-27(3)22(30)18-8-9-20(24-14-18)28-15-19(21(29)25-28)17-6-4-16(5-7-17)10-11-23/h4-9,14-15H,10,12-13H2,1-3H3,(H,25,29). The third-order valence-electron chi connectivity index (χ3n) is 4.74.